The highest BCUT2D eigenvalue weighted by molar-refractivity contribution is 5.98. The molecule has 120 valence electrons. The second-order valence-electron chi connectivity index (χ2n) is 5.09. The molecule has 0 radical (unpaired) electrons. The van der Waals surface area contributed by atoms with Crippen molar-refractivity contribution < 1.29 is 14.5 Å². The van der Waals surface area contributed by atoms with Crippen molar-refractivity contribution in [2.24, 2.45) is 0 Å². The van der Waals surface area contributed by atoms with Gasteiger partial charge in [0, 0.05) is 19.2 Å². The smallest absolute Gasteiger partial charge is 0.348 e. The number of anilines is 1. The molecule has 0 spiro atoms. The fourth-order valence-electron chi connectivity index (χ4n) is 2.51. The van der Waals surface area contributed by atoms with Gasteiger partial charge in [0.15, 0.2) is 0 Å². The highest BCUT2D eigenvalue weighted by Gasteiger charge is 2.22. The average Bonchev–Trinajstić information content (AvgIpc) is 3.06. The molecule has 1 heterocycles. The Bertz CT molecular complexity index is 685. The number of nitro groups is 1. The maximum absolute atomic E-state index is 11.6. The molecule has 1 aliphatic rings. The fourth-order valence-corrected chi connectivity index (χ4v) is 2.51. The van der Waals surface area contributed by atoms with Gasteiger partial charge >= 0.3 is 5.97 Å². The van der Waals surface area contributed by atoms with E-state index in [0.29, 0.717) is 11.3 Å². The maximum Gasteiger partial charge on any atom is 0.348 e. The van der Waals surface area contributed by atoms with Crippen LogP contribution in [0, 0.1) is 21.4 Å². The van der Waals surface area contributed by atoms with Gasteiger partial charge < -0.3 is 9.64 Å². The Hall–Kier alpha value is -2.88. The van der Waals surface area contributed by atoms with Crippen LogP contribution in [0.25, 0.3) is 6.08 Å². The van der Waals surface area contributed by atoms with Gasteiger partial charge in [0.25, 0.3) is 5.69 Å². The Labute approximate surface area is 133 Å². The molecule has 1 aromatic carbocycles. The summed E-state index contributed by atoms with van der Waals surface area (Å²) in [6.07, 6.45) is 3.33. The molecule has 1 fully saturated rings. The number of esters is 1. The molecule has 23 heavy (non-hydrogen) atoms. The summed E-state index contributed by atoms with van der Waals surface area (Å²) < 4.78 is 4.78. The predicted octanol–water partition coefficient (Wildman–Crippen LogP) is 2.67. The second kappa shape index (κ2) is 7.40. The van der Waals surface area contributed by atoms with Crippen LogP contribution in [0.3, 0.4) is 0 Å². The summed E-state index contributed by atoms with van der Waals surface area (Å²) in [5.74, 6) is -0.735. The highest BCUT2D eigenvalue weighted by atomic mass is 16.6. The lowest BCUT2D eigenvalue weighted by Crippen LogP contribution is -2.18. The van der Waals surface area contributed by atoms with Gasteiger partial charge in [-0.1, -0.05) is 6.07 Å². The lowest BCUT2D eigenvalue weighted by molar-refractivity contribution is -0.384. The van der Waals surface area contributed by atoms with Crippen molar-refractivity contribution in [3.8, 4) is 6.07 Å². The summed E-state index contributed by atoms with van der Waals surface area (Å²) in [6.45, 7) is 3.39. The summed E-state index contributed by atoms with van der Waals surface area (Å²) in [5, 5.41) is 20.4. The SMILES string of the molecule is CCOC(=O)/C(C#N)=C/c1ccc(N2CCCC2)c([N+](=O)[O-])c1. The summed E-state index contributed by atoms with van der Waals surface area (Å²) in [6, 6.07) is 6.47. The Morgan fingerprint density at radius 3 is 2.74 bits per heavy atom. The van der Waals surface area contributed by atoms with Crippen molar-refractivity contribution in [3.05, 3.63) is 39.4 Å². The molecule has 0 unspecified atom stereocenters. The first kappa shape index (κ1) is 16.5. The third kappa shape index (κ3) is 3.86. The third-order valence-corrected chi connectivity index (χ3v) is 3.57. The lowest BCUT2D eigenvalue weighted by atomic mass is 10.1. The van der Waals surface area contributed by atoms with Gasteiger partial charge in [0.05, 0.1) is 11.5 Å². The number of benzene rings is 1. The van der Waals surface area contributed by atoms with Crippen LogP contribution in [0.2, 0.25) is 0 Å². The Balaban J connectivity index is 2.37. The standard InChI is InChI=1S/C16H17N3O4/c1-2-23-16(20)13(11-17)9-12-5-6-14(15(10-12)19(21)22)18-7-3-4-8-18/h5-6,9-10H,2-4,7-8H2,1H3/b13-9+. The zero-order chi connectivity index (χ0) is 16.8. The summed E-state index contributed by atoms with van der Waals surface area (Å²) in [4.78, 5) is 24.5. The van der Waals surface area contributed by atoms with Crippen LogP contribution < -0.4 is 4.90 Å². The van der Waals surface area contributed by atoms with E-state index in [0.717, 1.165) is 25.9 Å². The van der Waals surface area contributed by atoms with Gasteiger partial charge in [0.2, 0.25) is 0 Å². The van der Waals surface area contributed by atoms with Gasteiger partial charge in [0.1, 0.15) is 17.3 Å². The van der Waals surface area contributed by atoms with Crippen LogP contribution in [-0.4, -0.2) is 30.6 Å². The van der Waals surface area contributed by atoms with Crippen LogP contribution in [-0.2, 0) is 9.53 Å². The third-order valence-electron chi connectivity index (χ3n) is 3.57. The lowest BCUT2D eigenvalue weighted by Gasteiger charge is -2.17. The van der Waals surface area contributed by atoms with Crippen LogP contribution in [0.15, 0.2) is 23.8 Å². The van der Waals surface area contributed by atoms with Gasteiger partial charge in [-0.15, -0.1) is 0 Å². The zero-order valence-electron chi connectivity index (χ0n) is 12.8. The largest absolute Gasteiger partial charge is 0.462 e. The van der Waals surface area contributed by atoms with E-state index < -0.39 is 10.9 Å². The van der Waals surface area contributed by atoms with Gasteiger partial charge in [-0.25, -0.2) is 4.79 Å². The van der Waals surface area contributed by atoms with E-state index in [9.17, 15) is 14.9 Å². The van der Waals surface area contributed by atoms with Crippen LogP contribution in [0.1, 0.15) is 25.3 Å². The Kier molecular flexibility index (Phi) is 5.31. The van der Waals surface area contributed by atoms with E-state index in [-0.39, 0.29) is 17.9 Å². The zero-order valence-corrected chi connectivity index (χ0v) is 12.8. The molecule has 1 aromatic rings. The van der Waals surface area contributed by atoms with E-state index in [2.05, 4.69) is 0 Å². The number of nitro benzene ring substituents is 1. The first-order valence-corrected chi connectivity index (χ1v) is 7.39. The molecule has 0 aromatic heterocycles. The molecule has 0 bridgehead atoms. The van der Waals surface area contributed by atoms with Crippen molar-refractivity contribution in [3.63, 3.8) is 0 Å². The van der Waals surface area contributed by atoms with Crippen LogP contribution >= 0.6 is 0 Å². The number of nitrogens with zero attached hydrogens (tertiary/aromatic N) is 3. The highest BCUT2D eigenvalue weighted by Crippen LogP contribution is 2.32. The molecule has 0 N–H and O–H groups in total. The molecule has 1 aliphatic heterocycles. The normalized spacial score (nSPS) is 14.4. The van der Waals surface area contributed by atoms with E-state index in [4.69, 9.17) is 10.00 Å². The number of rotatable bonds is 5. The summed E-state index contributed by atoms with van der Waals surface area (Å²) >= 11 is 0. The minimum absolute atomic E-state index is 0.0261. The molecule has 7 heteroatoms. The number of carbonyl (C=O) groups is 1. The van der Waals surface area contributed by atoms with Crippen molar-refractivity contribution in [2.45, 2.75) is 19.8 Å². The number of hydrogen-bond acceptors (Lipinski definition) is 6. The Morgan fingerprint density at radius 1 is 1.48 bits per heavy atom. The fraction of sp³-hybridized carbons (Fsp3) is 0.375. The van der Waals surface area contributed by atoms with E-state index >= 15 is 0 Å². The number of carbonyl (C=O) groups excluding carboxylic acids is 1. The quantitative estimate of drug-likeness (QED) is 0.272. The van der Waals surface area contributed by atoms with Crippen molar-refractivity contribution in [2.75, 3.05) is 24.6 Å². The monoisotopic (exact) mass is 315 g/mol. The number of nitriles is 1. The Morgan fingerprint density at radius 2 is 2.17 bits per heavy atom. The number of hydrogen-bond donors (Lipinski definition) is 0. The minimum Gasteiger partial charge on any atom is -0.462 e. The van der Waals surface area contributed by atoms with E-state index in [1.165, 1.54) is 12.1 Å². The van der Waals surface area contributed by atoms with Crippen LogP contribution in [0.4, 0.5) is 11.4 Å². The first-order valence-electron chi connectivity index (χ1n) is 7.39. The molecular formula is C16H17N3O4. The molecular weight excluding hydrogens is 298 g/mol. The molecule has 0 atom stereocenters. The topological polar surface area (TPSA) is 96.5 Å². The second-order valence-corrected chi connectivity index (χ2v) is 5.09. The van der Waals surface area contributed by atoms with Gasteiger partial charge in [-0.3, -0.25) is 10.1 Å². The summed E-state index contributed by atoms with van der Waals surface area (Å²) in [7, 11) is 0. The minimum atomic E-state index is -0.735. The average molecular weight is 315 g/mol. The van der Waals surface area contributed by atoms with Crippen molar-refractivity contribution >= 4 is 23.4 Å². The molecule has 1 saturated heterocycles. The van der Waals surface area contributed by atoms with E-state index in [1.807, 2.05) is 4.90 Å². The molecule has 0 aliphatic carbocycles. The number of ether oxygens (including phenoxy) is 1. The first-order chi connectivity index (χ1) is 11.1. The van der Waals surface area contributed by atoms with Crippen molar-refractivity contribution in [1.82, 2.24) is 0 Å². The maximum atomic E-state index is 11.6. The van der Waals surface area contributed by atoms with E-state index in [1.54, 1.807) is 25.1 Å². The van der Waals surface area contributed by atoms with Crippen molar-refractivity contribution in [1.29, 1.82) is 5.26 Å². The van der Waals surface area contributed by atoms with Gasteiger partial charge in [-0.05, 0) is 37.5 Å². The molecule has 0 amide bonds. The molecule has 0 saturated carbocycles. The predicted molar refractivity (Wildman–Crippen MR) is 84.8 cm³/mol. The summed E-state index contributed by atoms with van der Waals surface area (Å²) in [5.41, 5.74) is 0.778. The van der Waals surface area contributed by atoms with Crippen LogP contribution in [0.5, 0.6) is 0 Å². The molecule has 2 rings (SSSR count). The van der Waals surface area contributed by atoms with Gasteiger partial charge in [-0.2, -0.15) is 5.26 Å². The molecule has 7 nitrogen and oxygen atoms in total.